The van der Waals surface area contributed by atoms with E-state index in [9.17, 15) is 0 Å². The summed E-state index contributed by atoms with van der Waals surface area (Å²) in [7, 11) is 0. The number of aromatic nitrogens is 1. The molecule has 0 aliphatic rings. The highest BCUT2D eigenvalue weighted by Crippen LogP contribution is 2.16. The average molecular weight is 244 g/mol. The molecule has 3 heteroatoms. The van der Waals surface area contributed by atoms with Crippen molar-refractivity contribution in [3.8, 4) is 5.75 Å². The van der Waals surface area contributed by atoms with E-state index in [1.165, 1.54) is 0 Å². The minimum absolute atomic E-state index is 0.596. The van der Waals surface area contributed by atoms with Gasteiger partial charge in [-0.1, -0.05) is 20.3 Å². The van der Waals surface area contributed by atoms with Crippen LogP contribution in [0.2, 0.25) is 0 Å². The molecule has 2 nitrogen and oxygen atoms in total. The SMILES string of the molecule is CCC(C)COc1cncc(Br)c1. The Labute approximate surface area is 87.5 Å². The fourth-order valence-corrected chi connectivity index (χ4v) is 1.17. The van der Waals surface area contributed by atoms with E-state index in [2.05, 4.69) is 34.8 Å². The molecular weight excluding hydrogens is 230 g/mol. The maximum absolute atomic E-state index is 5.55. The van der Waals surface area contributed by atoms with Gasteiger partial charge in [0.15, 0.2) is 0 Å². The standard InChI is InChI=1S/C10H14BrNO/c1-3-8(2)7-13-10-4-9(11)5-12-6-10/h4-6,8H,3,7H2,1-2H3. The van der Waals surface area contributed by atoms with Gasteiger partial charge in [0, 0.05) is 10.7 Å². The van der Waals surface area contributed by atoms with E-state index in [1.54, 1.807) is 12.4 Å². The Morgan fingerprint density at radius 1 is 1.54 bits per heavy atom. The molecule has 1 aromatic rings. The molecule has 0 aliphatic heterocycles. The van der Waals surface area contributed by atoms with Crippen molar-refractivity contribution in [1.82, 2.24) is 4.98 Å². The molecule has 0 N–H and O–H groups in total. The summed E-state index contributed by atoms with van der Waals surface area (Å²) in [5, 5.41) is 0. The molecule has 1 unspecified atom stereocenters. The van der Waals surface area contributed by atoms with Crippen LogP contribution in [0.1, 0.15) is 20.3 Å². The number of halogens is 1. The van der Waals surface area contributed by atoms with Crippen molar-refractivity contribution in [2.75, 3.05) is 6.61 Å². The molecule has 72 valence electrons. The summed E-state index contributed by atoms with van der Waals surface area (Å²) in [6.45, 7) is 5.09. The highest BCUT2D eigenvalue weighted by Gasteiger charge is 2.00. The summed E-state index contributed by atoms with van der Waals surface area (Å²) in [6, 6.07) is 1.93. The Morgan fingerprint density at radius 2 is 2.31 bits per heavy atom. The van der Waals surface area contributed by atoms with Crippen LogP contribution in [0.5, 0.6) is 5.75 Å². The predicted octanol–water partition coefficient (Wildman–Crippen LogP) is 3.27. The highest BCUT2D eigenvalue weighted by atomic mass is 79.9. The first-order chi connectivity index (χ1) is 6.22. The highest BCUT2D eigenvalue weighted by molar-refractivity contribution is 9.10. The molecule has 0 aliphatic carbocycles. The number of ether oxygens (including phenoxy) is 1. The summed E-state index contributed by atoms with van der Waals surface area (Å²) >= 11 is 3.34. The molecule has 0 saturated carbocycles. The van der Waals surface area contributed by atoms with Gasteiger partial charge in [0.1, 0.15) is 5.75 Å². The molecule has 0 spiro atoms. The zero-order chi connectivity index (χ0) is 9.68. The Balaban J connectivity index is 2.45. The van der Waals surface area contributed by atoms with Crippen molar-refractivity contribution in [3.05, 3.63) is 22.9 Å². The molecule has 0 radical (unpaired) electrons. The number of hydrogen-bond acceptors (Lipinski definition) is 2. The molecule has 1 rings (SSSR count). The first-order valence-corrected chi connectivity index (χ1v) is 5.25. The summed E-state index contributed by atoms with van der Waals surface area (Å²) in [5.41, 5.74) is 0. The Kier molecular flexibility index (Phi) is 4.22. The maximum atomic E-state index is 5.55. The second kappa shape index (κ2) is 5.22. The molecule has 0 saturated heterocycles. The van der Waals surface area contributed by atoms with E-state index in [0.717, 1.165) is 23.2 Å². The van der Waals surface area contributed by atoms with E-state index in [4.69, 9.17) is 4.74 Å². The van der Waals surface area contributed by atoms with Crippen LogP contribution in [-0.2, 0) is 0 Å². The zero-order valence-corrected chi connectivity index (χ0v) is 9.54. The number of hydrogen-bond donors (Lipinski definition) is 0. The van der Waals surface area contributed by atoms with Crippen molar-refractivity contribution < 1.29 is 4.74 Å². The van der Waals surface area contributed by atoms with Crippen LogP contribution < -0.4 is 4.74 Å². The minimum Gasteiger partial charge on any atom is -0.492 e. The molecule has 0 bridgehead atoms. The summed E-state index contributed by atoms with van der Waals surface area (Å²) < 4.78 is 6.50. The fraction of sp³-hybridized carbons (Fsp3) is 0.500. The van der Waals surface area contributed by atoms with Crippen molar-refractivity contribution in [3.63, 3.8) is 0 Å². The van der Waals surface area contributed by atoms with Gasteiger partial charge in [-0.05, 0) is 27.9 Å². The third-order valence-electron chi connectivity index (χ3n) is 1.91. The monoisotopic (exact) mass is 243 g/mol. The lowest BCUT2D eigenvalue weighted by Crippen LogP contribution is -2.07. The molecule has 13 heavy (non-hydrogen) atoms. The molecule has 1 aromatic heterocycles. The lowest BCUT2D eigenvalue weighted by Gasteiger charge is -2.10. The average Bonchev–Trinajstić information content (AvgIpc) is 2.14. The number of rotatable bonds is 4. The van der Waals surface area contributed by atoms with Crippen LogP contribution in [0.25, 0.3) is 0 Å². The van der Waals surface area contributed by atoms with Gasteiger partial charge < -0.3 is 4.74 Å². The normalized spacial score (nSPS) is 12.5. The van der Waals surface area contributed by atoms with Crippen LogP contribution in [0.3, 0.4) is 0 Å². The van der Waals surface area contributed by atoms with Crippen molar-refractivity contribution >= 4 is 15.9 Å². The van der Waals surface area contributed by atoms with Crippen LogP contribution >= 0.6 is 15.9 Å². The van der Waals surface area contributed by atoms with E-state index >= 15 is 0 Å². The fourth-order valence-electron chi connectivity index (χ4n) is 0.828. The second-order valence-electron chi connectivity index (χ2n) is 3.16. The topological polar surface area (TPSA) is 22.1 Å². The van der Waals surface area contributed by atoms with Gasteiger partial charge in [0.25, 0.3) is 0 Å². The molecule has 1 atom stereocenters. The van der Waals surface area contributed by atoms with Gasteiger partial charge in [-0.3, -0.25) is 4.98 Å². The van der Waals surface area contributed by atoms with Gasteiger partial charge in [-0.25, -0.2) is 0 Å². The van der Waals surface area contributed by atoms with Gasteiger partial charge in [-0.2, -0.15) is 0 Å². The smallest absolute Gasteiger partial charge is 0.138 e. The lowest BCUT2D eigenvalue weighted by atomic mass is 10.1. The summed E-state index contributed by atoms with van der Waals surface area (Å²) in [4.78, 5) is 4.02. The Hall–Kier alpha value is -0.570. The molecule has 0 aromatic carbocycles. The van der Waals surface area contributed by atoms with Crippen LogP contribution in [-0.4, -0.2) is 11.6 Å². The van der Waals surface area contributed by atoms with Crippen molar-refractivity contribution in [2.24, 2.45) is 5.92 Å². The van der Waals surface area contributed by atoms with Gasteiger partial charge in [0.2, 0.25) is 0 Å². The zero-order valence-electron chi connectivity index (χ0n) is 7.96. The minimum atomic E-state index is 0.596. The summed E-state index contributed by atoms with van der Waals surface area (Å²) in [5.74, 6) is 1.42. The molecule has 1 heterocycles. The Bertz CT molecular complexity index is 265. The quantitative estimate of drug-likeness (QED) is 0.810. The molecule has 0 amide bonds. The molecule has 0 fully saturated rings. The van der Waals surface area contributed by atoms with E-state index < -0.39 is 0 Å². The van der Waals surface area contributed by atoms with Crippen LogP contribution in [0.4, 0.5) is 0 Å². The third kappa shape index (κ3) is 3.77. The number of nitrogens with zero attached hydrogens (tertiary/aromatic N) is 1. The first-order valence-electron chi connectivity index (χ1n) is 4.45. The maximum Gasteiger partial charge on any atom is 0.138 e. The van der Waals surface area contributed by atoms with E-state index in [1.807, 2.05) is 6.07 Å². The predicted molar refractivity (Wildman–Crippen MR) is 56.9 cm³/mol. The van der Waals surface area contributed by atoms with E-state index in [0.29, 0.717) is 5.92 Å². The van der Waals surface area contributed by atoms with Gasteiger partial charge in [0.05, 0.1) is 12.8 Å². The van der Waals surface area contributed by atoms with E-state index in [-0.39, 0.29) is 0 Å². The first kappa shape index (κ1) is 10.5. The number of pyridine rings is 1. The van der Waals surface area contributed by atoms with Crippen molar-refractivity contribution in [1.29, 1.82) is 0 Å². The Morgan fingerprint density at radius 3 is 2.92 bits per heavy atom. The van der Waals surface area contributed by atoms with Crippen molar-refractivity contribution in [2.45, 2.75) is 20.3 Å². The van der Waals surface area contributed by atoms with Gasteiger partial charge >= 0.3 is 0 Å². The third-order valence-corrected chi connectivity index (χ3v) is 2.34. The largest absolute Gasteiger partial charge is 0.492 e. The second-order valence-corrected chi connectivity index (χ2v) is 4.08. The molecular formula is C10H14BrNO. The van der Waals surface area contributed by atoms with Crippen LogP contribution in [0.15, 0.2) is 22.9 Å². The van der Waals surface area contributed by atoms with Gasteiger partial charge in [-0.15, -0.1) is 0 Å². The van der Waals surface area contributed by atoms with Crippen LogP contribution in [0, 0.1) is 5.92 Å². The lowest BCUT2D eigenvalue weighted by molar-refractivity contribution is 0.255. The summed E-state index contributed by atoms with van der Waals surface area (Å²) in [6.07, 6.45) is 4.62.